The van der Waals surface area contributed by atoms with Crippen molar-refractivity contribution in [3.05, 3.63) is 92.5 Å². The number of carbonyl (C=O) groups excluding carboxylic acids is 1. The van der Waals surface area contributed by atoms with E-state index >= 15 is 0 Å². The van der Waals surface area contributed by atoms with E-state index in [0.29, 0.717) is 25.7 Å². The van der Waals surface area contributed by atoms with Crippen molar-refractivity contribution in [2.75, 3.05) is 62.3 Å². The Morgan fingerprint density at radius 3 is 2.31 bits per heavy atom. The molecule has 0 unspecified atom stereocenters. The first-order valence-electron chi connectivity index (χ1n) is 18.6. The number of nitrogens with zero attached hydrogens (tertiary/aromatic N) is 4. The molecule has 2 aliphatic heterocycles. The molecule has 54 heavy (non-hydrogen) atoms. The summed E-state index contributed by atoms with van der Waals surface area (Å²) < 4.78 is 53.8. The molecule has 3 fully saturated rings. The maximum absolute atomic E-state index is 13.2. The summed E-state index contributed by atoms with van der Waals surface area (Å²) in [7, 11) is -7.62. The standard InChI is InChI=1S/C38H47ClN6O7S2/c1-53(49,50)44-17-15-38(16-18-44)24-27(25-38)26-40-34-14-13-30(23-36(34)45(47)48)54(51,52)41-37(46)28-9-11-29(12-10-28)42-19-21-43(22-20-42)35-8-3-2-5-31-32(35)6-4-7-33(31)39/h4,6-7,9-14,23,27,35,40H,2-3,5,8,15-22,24-26H2,1H3,(H,41,46)/t35-/m1/s1. The molecule has 1 saturated carbocycles. The largest absolute Gasteiger partial charge is 0.379 e. The quantitative estimate of drug-likeness (QED) is 0.145. The van der Waals surface area contributed by atoms with E-state index in [9.17, 15) is 31.7 Å². The van der Waals surface area contributed by atoms with E-state index < -0.39 is 36.6 Å². The Kier molecular flexibility index (Phi) is 11.0. The number of halogens is 1. The van der Waals surface area contributed by atoms with E-state index in [1.54, 1.807) is 12.1 Å². The predicted molar refractivity (Wildman–Crippen MR) is 209 cm³/mol. The van der Waals surface area contributed by atoms with Gasteiger partial charge in [0, 0.05) is 74.2 Å². The highest BCUT2D eigenvalue weighted by molar-refractivity contribution is 7.90. The third-order valence-electron chi connectivity index (χ3n) is 11.9. The molecule has 4 aliphatic rings. The highest BCUT2D eigenvalue weighted by Crippen LogP contribution is 2.53. The van der Waals surface area contributed by atoms with Crippen molar-refractivity contribution in [2.45, 2.75) is 62.3 Å². The number of piperazine rings is 1. The molecule has 1 atom stereocenters. The van der Waals surface area contributed by atoms with Gasteiger partial charge in [0.15, 0.2) is 0 Å². The van der Waals surface area contributed by atoms with Crippen LogP contribution in [-0.4, -0.2) is 88.9 Å². The molecule has 16 heteroatoms. The van der Waals surface area contributed by atoms with Gasteiger partial charge in [-0.3, -0.25) is 19.8 Å². The molecule has 2 N–H and O–H groups in total. The zero-order chi connectivity index (χ0) is 38.3. The van der Waals surface area contributed by atoms with Gasteiger partial charge in [0.05, 0.1) is 16.1 Å². The molecule has 0 aromatic heterocycles. The Balaban J connectivity index is 0.923. The number of sulfonamides is 2. The fraction of sp³-hybridized carbons (Fsp3) is 0.500. The monoisotopic (exact) mass is 798 g/mol. The molecule has 3 aromatic carbocycles. The Bertz CT molecular complexity index is 2110. The van der Waals surface area contributed by atoms with Gasteiger partial charge in [0.25, 0.3) is 21.6 Å². The molecule has 7 rings (SSSR count). The fourth-order valence-corrected chi connectivity index (χ4v) is 11.0. The maximum Gasteiger partial charge on any atom is 0.293 e. The molecule has 3 aromatic rings. The SMILES string of the molecule is CS(=O)(=O)N1CCC2(CC1)CC(CNc1ccc(S(=O)(=O)NC(=O)c3ccc(N4CCN([C@@H]5CCCCc6c(Cl)cccc65)CC4)cc3)cc1[N+](=O)[O-])C2. The first kappa shape index (κ1) is 38.5. The van der Waals surface area contributed by atoms with E-state index in [0.717, 1.165) is 94.3 Å². The second-order valence-electron chi connectivity index (χ2n) is 15.3. The summed E-state index contributed by atoms with van der Waals surface area (Å²) in [6.45, 7) is 4.87. The number of piperidine rings is 1. The lowest BCUT2D eigenvalue weighted by Gasteiger charge is -2.52. The summed E-state index contributed by atoms with van der Waals surface area (Å²) in [5.74, 6) is -0.569. The van der Waals surface area contributed by atoms with Crippen molar-refractivity contribution in [3.63, 3.8) is 0 Å². The lowest BCUT2D eigenvalue weighted by atomic mass is 9.58. The van der Waals surface area contributed by atoms with E-state index in [2.05, 4.69) is 25.9 Å². The predicted octanol–water partition coefficient (Wildman–Crippen LogP) is 5.82. The summed E-state index contributed by atoms with van der Waals surface area (Å²) in [5, 5.41) is 15.9. The minimum Gasteiger partial charge on any atom is -0.379 e. The lowest BCUT2D eigenvalue weighted by Crippen LogP contribution is -2.49. The van der Waals surface area contributed by atoms with E-state index in [4.69, 9.17) is 11.6 Å². The van der Waals surface area contributed by atoms with Crippen molar-refractivity contribution in [1.29, 1.82) is 0 Å². The molecule has 290 valence electrons. The summed E-state index contributed by atoms with van der Waals surface area (Å²) in [6.07, 6.45) is 9.03. The molecule has 0 bridgehead atoms. The van der Waals surface area contributed by atoms with Crippen LogP contribution in [0.1, 0.15) is 72.5 Å². The highest BCUT2D eigenvalue weighted by atomic mass is 35.5. The van der Waals surface area contributed by atoms with E-state index in [-0.39, 0.29) is 27.5 Å². The summed E-state index contributed by atoms with van der Waals surface area (Å²) in [6, 6.07) is 16.9. The lowest BCUT2D eigenvalue weighted by molar-refractivity contribution is -0.384. The van der Waals surface area contributed by atoms with Gasteiger partial charge in [-0.05, 0) is 110 Å². The zero-order valence-electron chi connectivity index (χ0n) is 30.4. The van der Waals surface area contributed by atoms with Crippen LogP contribution in [0.4, 0.5) is 17.1 Å². The second-order valence-corrected chi connectivity index (χ2v) is 19.4. The molecular weight excluding hydrogens is 752 g/mol. The van der Waals surface area contributed by atoms with Gasteiger partial charge in [-0.2, -0.15) is 0 Å². The van der Waals surface area contributed by atoms with Crippen LogP contribution in [0.25, 0.3) is 0 Å². The van der Waals surface area contributed by atoms with Crippen LogP contribution in [0.15, 0.2) is 65.6 Å². The van der Waals surface area contributed by atoms with Gasteiger partial charge in [-0.15, -0.1) is 0 Å². The van der Waals surface area contributed by atoms with Crippen LogP contribution in [0, 0.1) is 21.4 Å². The molecular formula is C38H47ClN6O7S2. The summed E-state index contributed by atoms with van der Waals surface area (Å²) in [5.41, 5.74) is 3.59. The minimum atomic E-state index is -4.42. The average Bonchev–Trinajstić information content (AvgIpc) is 3.36. The first-order chi connectivity index (χ1) is 25.7. The number of carbonyl (C=O) groups is 1. The number of fused-ring (bicyclic) bond motifs is 1. The minimum absolute atomic E-state index is 0.100. The number of nitro groups is 1. The van der Waals surface area contributed by atoms with E-state index in [1.165, 1.54) is 33.8 Å². The van der Waals surface area contributed by atoms with Gasteiger partial charge in [-0.1, -0.05) is 30.2 Å². The van der Waals surface area contributed by atoms with Gasteiger partial charge >= 0.3 is 0 Å². The average molecular weight is 799 g/mol. The fourth-order valence-electron chi connectivity index (χ4n) is 8.92. The number of nitro benzene ring substituents is 1. The van der Waals surface area contributed by atoms with Crippen molar-refractivity contribution in [1.82, 2.24) is 13.9 Å². The summed E-state index contributed by atoms with van der Waals surface area (Å²) in [4.78, 5) is 28.8. The maximum atomic E-state index is 13.2. The normalized spacial score (nSPS) is 21.1. The molecule has 2 aliphatic carbocycles. The van der Waals surface area contributed by atoms with Crippen LogP contribution in [-0.2, 0) is 26.5 Å². The van der Waals surface area contributed by atoms with Crippen LogP contribution in [0.5, 0.6) is 0 Å². The Morgan fingerprint density at radius 2 is 1.65 bits per heavy atom. The smallest absolute Gasteiger partial charge is 0.293 e. The van der Waals surface area contributed by atoms with Gasteiger partial charge in [0.2, 0.25) is 10.0 Å². The molecule has 1 spiro atoms. The molecule has 2 heterocycles. The van der Waals surface area contributed by atoms with Crippen molar-refractivity contribution in [3.8, 4) is 0 Å². The number of hydrogen-bond acceptors (Lipinski definition) is 10. The third-order valence-corrected chi connectivity index (χ3v) is 14.9. The van der Waals surface area contributed by atoms with Crippen molar-refractivity contribution >= 4 is 54.6 Å². The molecule has 2 saturated heterocycles. The van der Waals surface area contributed by atoms with Gasteiger partial charge in [-0.25, -0.2) is 25.9 Å². The van der Waals surface area contributed by atoms with Gasteiger partial charge < -0.3 is 10.2 Å². The van der Waals surface area contributed by atoms with Crippen LogP contribution in [0.2, 0.25) is 5.02 Å². The van der Waals surface area contributed by atoms with Crippen molar-refractivity contribution < 1.29 is 26.6 Å². The first-order valence-corrected chi connectivity index (χ1v) is 22.3. The molecule has 1 amide bonds. The number of nitrogens with one attached hydrogen (secondary N) is 2. The third kappa shape index (κ3) is 8.25. The number of amides is 1. The topological polar surface area (TPSA) is 162 Å². The summed E-state index contributed by atoms with van der Waals surface area (Å²) >= 11 is 6.57. The zero-order valence-corrected chi connectivity index (χ0v) is 32.8. The second kappa shape index (κ2) is 15.4. The Hall–Kier alpha value is -3.76. The number of rotatable bonds is 10. The molecule has 13 nitrogen and oxygen atoms in total. The van der Waals surface area contributed by atoms with Gasteiger partial charge in [0.1, 0.15) is 5.69 Å². The van der Waals surface area contributed by atoms with Crippen molar-refractivity contribution in [2.24, 2.45) is 11.3 Å². The van der Waals surface area contributed by atoms with Crippen LogP contribution in [0.3, 0.4) is 0 Å². The number of hydrogen-bond donors (Lipinski definition) is 2. The van der Waals surface area contributed by atoms with Crippen LogP contribution < -0.4 is 14.9 Å². The van der Waals surface area contributed by atoms with Crippen LogP contribution >= 0.6 is 11.6 Å². The highest BCUT2D eigenvalue weighted by Gasteiger charge is 2.46. The molecule has 0 radical (unpaired) electrons. The Labute approximate surface area is 322 Å². The van der Waals surface area contributed by atoms with E-state index in [1.807, 2.05) is 24.3 Å². The Morgan fingerprint density at radius 1 is 0.944 bits per heavy atom. The number of benzene rings is 3. The number of anilines is 2.